The van der Waals surface area contributed by atoms with Crippen LogP contribution in [0.1, 0.15) is 6.92 Å². The molecule has 4 rings (SSSR count). The summed E-state index contributed by atoms with van der Waals surface area (Å²) in [5, 5.41) is 7.00. The number of ether oxygens (including phenoxy) is 1. The summed E-state index contributed by atoms with van der Waals surface area (Å²) in [5.74, 6) is 0.0188. The zero-order chi connectivity index (χ0) is 19.2. The van der Waals surface area contributed by atoms with E-state index in [0.717, 1.165) is 23.6 Å². The first kappa shape index (κ1) is 17.1. The molecule has 4 aromatic rings. The summed E-state index contributed by atoms with van der Waals surface area (Å²) >= 11 is 0. The SMILES string of the molecule is COc1nc(N[C@H](C)C(F)(F)F)nc2[nH]cc(-c3ccn4nccc4c3)c12. The Hall–Kier alpha value is -3.30. The van der Waals surface area contributed by atoms with Gasteiger partial charge in [-0.1, -0.05) is 0 Å². The molecule has 0 fully saturated rings. The fraction of sp³-hybridized carbons (Fsp3) is 0.235. The highest BCUT2D eigenvalue weighted by Crippen LogP contribution is 2.35. The van der Waals surface area contributed by atoms with Crippen LogP contribution in [0.4, 0.5) is 19.1 Å². The number of alkyl halides is 3. The number of halogens is 3. The normalized spacial score (nSPS) is 13.2. The zero-order valence-corrected chi connectivity index (χ0v) is 14.4. The Morgan fingerprint density at radius 2 is 2.07 bits per heavy atom. The van der Waals surface area contributed by atoms with Crippen molar-refractivity contribution in [3.63, 3.8) is 0 Å². The van der Waals surface area contributed by atoms with Crippen molar-refractivity contribution < 1.29 is 17.9 Å². The number of fused-ring (bicyclic) bond motifs is 2. The van der Waals surface area contributed by atoms with Crippen molar-refractivity contribution in [2.24, 2.45) is 0 Å². The molecule has 4 aromatic heterocycles. The standard InChI is InChI=1S/C17H15F3N6O/c1-9(17(18,19)20)23-16-24-14-13(15(25-16)27-2)12(8-21-14)10-4-6-26-11(7-10)3-5-22-26/h3-9H,1-2H3,(H2,21,23,24,25)/t9-/m1/s1. The van der Waals surface area contributed by atoms with Gasteiger partial charge in [0, 0.05) is 24.2 Å². The summed E-state index contributed by atoms with van der Waals surface area (Å²) < 4.78 is 45.4. The highest BCUT2D eigenvalue weighted by molar-refractivity contribution is 5.98. The van der Waals surface area contributed by atoms with E-state index in [1.165, 1.54) is 7.11 Å². The highest BCUT2D eigenvalue weighted by atomic mass is 19.4. The number of hydrogen-bond acceptors (Lipinski definition) is 5. The Kier molecular flexibility index (Phi) is 3.90. The quantitative estimate of drug-likeness (QED) is 0.568. The Labute approximate surface area is 151 Å². The van der Waals surface area contributed by atoms with Gasteiger partial charge in [-0.25, -0.2) is 4.52 Å². The molecule has 0 aliphatic carbocycles. The topological polar surface area (TPSA) is 80.1 Å². The minimum atomic E-state index is -4.41. The fourth-order valence-corrected chi connectivity index (χ4v) is 2.80. The number of aromatic nitrogens is 5. The third kappa shape index (κ3) is 3.03. The van der Waals surface area contributed by atoms with Crippen LogP contribution < -0.4 is 10.1 Å². The molecule has 140 valence electrons. The van der Waals surface area contributed by atoms with E-state index in [4.69, 9.17) is 4.74 Å². The molecule has 0 saturated carbocycles. The van der Waals surface area contributed by atoms with Crippen LogP contribution in [0.25, 0.3) is 27.7 Å². The summed E-state index contributed by atoms with van der Waals surface area (Å²) in [6.07, 6.45) is 0.823. The summed E-state index contributed by atoms with van der Waals surface area (Å²) in [4.78, 5) is 11.2. The summed E-state index contributed by atoms with van der Waals surface area (Å²) in [6, 6.07) is 3.89. The van der Waals surface area contributed by atoms with Crippen LogP contribution in [0.2, 0.25) is 0 Å². The molecule has 27 heavy (non-hydrogen) atoms. The van der Waals surface area contributed by atoms with Crippen LogP contribution in [0, 0.1) is 0 Å². The number of nitrogens with zero attached hydrogens (tertiary/aromatic N) is 4. The lowest BCUT2D eigenvalue weighted by Gasteiger charge is -2.17. The van der Waals surface area contributed by atoms with Crippen LogP contribution in [0.3, 0.4) is 0 Å². The van der Waals surface area contributed by atoms with Crippen LogP contribution in [0.15, 0.2) is 36.8 Å². The first-order chi connectivity index (χ1) is 12.9. The van der Waals surface area contributed by atoms with Gasteiger partial charge in [-0.3, -0.25) is 0 Å². The molecule has 0 aliphatic rings. The van der Waals surface area contributed by atoms with E-state index >= 15 is 0 Å². The maximum Gasteiger partial charge on any atom is 0.408 e. The molecule has 0 aromatic carbocycles. The molecular weight excluding hydrogens is 361 g/mol. The lowest BCUT2D eigenvalue weighted by atomic mass is 10.1. The van der Waals surface area contributed by atoms with Crippen molar-refractivity contribution in [2.75, 3.05) is 12.4 Å². The van der Waals surface area contributed by atoms with Gasteiger partial charge in [0.1, 0.15) is 11.7 Å². The van der Waals surface area contributed by atoms with Gasteiger partial charge in [0.05, 0.1) is 18.0 Å². The van der Waals surface area contributed by atoms with E-state index in [2.05, 4.69) is 25.4 Å². The van der Waals surface area contributed by atoms with Gasteiger partial charge in [-0.15, -0.1) is 0 Å². The van der Waals surface area contributed by atoms with Crippen molar-refractivity contribution in [1.82, 2.24) is 24.6 Å². The number of pyridine rings is 1. The lowest BCUT2D eigenvalue weighted by Crippen LogP contribution is -2.33. The number of anilines is 1. The van der Waals surface area contributed by atoms with Crippen molar-refractivity contribution in [3.05, 3.63) is 36.8 Å². The Balaban J connectivity index is 1.80. The molecule has 0 spiro atoms. The molecule has 0 saturated heterocycles. The zero-order valence-electron chi connectivity index (χ0n) is 14.4. The first-order valence-electron chi connectivity index (χ1n) is 8.07. The average molecular weight is 376 g/mol. The largest absolute Gasteiger partial charge is 0.480 e. The highest BCUT2D eigenvalue weighted by Gasteiger charge is 2.36. The number of methoxy groups -OCH3 is 1. The lowest BCUT2D eigenvalue weighted by molar-refractivity contribution is -0.138. The van der Waals surface area contributed by atoms with Gasteiger partial charge in [0.15, 0.2) is 0 Å². The van der Waals surface area contributed by atoms with Gasteiger partial charge >= 0.3 is 6.18 Å². The van der Waals surface area contributed by atoms with Crippen molar-refractivity contribution in [3.8, 4) is 17.0 Å². The summed E-state index contributed by atoms with van der Waals surface area (Å²) in [6.45, 7) is 1.00. The van der Waals surface area contributed by atoms with Crippen molar-refractivity contribution in [2.45, 2.75) is 19.1 Å². The molecule has 0 radical (unpaired) electrons. The molecule has 4 heterocycles. The predicted octanol–water partition coefficient (Wildman–Crippen LogP) is 3.64. The molecular formula is C17H15F3N6O. The number of aromatic amines is 1. The van der Waals surface area contributed by atoms with E-state index in [0.29, 0.717) is 11.0 Å². The van der Waals surface area contributed by atoms with E-state index in [1.54, 1.807) is 16.9 Å². The number of H-pyrrole nitrogens is 1. The Morgan fingerprint density at radius 1 is 1.26 bits per heavy atom. The second-order valence-corrected chi connectivity index (χ2v) is 6.01. The van der Waals surface area contributed by atoms with Crippen molar-refractivity contribution >= 4 is 22.5 Å². The van der Waals surface area contributed by atoms with E-state index in [9.17, 15) is 13.2 Å². The van der Waals surface area contributed by atoms with Gasteiger partial charge in [-0.05, 0) is 30.7 Å². The van der Waals surface area contributed by atoms with Crippen LogP contribution in [-0.2, 0) is 0 Å². The number of nitrogens with one attached hydrogen (secondary N) is 2. The third-order valence-electron chi connectivity index (χ3n) is 4.24. The van der Waals surface area contributed by atoms with Gasteiger partial charge in [-0.2, -0.15) is 28.2 Å². The summed E-state index contributed by atoms with van der Waals surface area (Å²) in [7, 11) is 1.41. The Morgan fingerprint density at radius 3 is 2.81 bits per heavy atom. The minimum Gasteiger partial charge on any atom is -0.480 e. The maximum atomic E-state index is 12.8. The van der Waals surface area contributed by atoms with Crippen LogP contribution in [0.5, 0.6) is 5.88 Å². The second-order valence-electron chi connectivity index (χ2n) is 6.01. The smallest absolute Gasteiger partial charge is 0.408 e. The molecule has 2 N–H and O–H groups in total. The minimum absolute atomic E-state index is 0.163. The second kappa shape index (κ2) is 6.15. The van der Waals surface area contributed by atoms with E-state index in [-0.39, 0.29) is 11.8 Å². The first-order valence-corrected chi connectivity index (χ1v) is 8.07. The Bertz CT molecular complexity index is 1120. The molecule has 0 aliphatic heterocycles. The summed E-state index contributed by atoms with van der Waals surface area (Å²) in [5.41, 5.74) is 2.93. The van der Waals surface area contributed by atoms with Gasteiger partial charge in [0.25, 0.3) is 0 Å². The van der Waals surface area contributed by atoms with Crippen LogP contribution in [-0.4, -0.2) is 43.9 Å². The van der Waals surface area contributed by atoms with E-state index < -0.39 is 12.2 Å². The van der Waals surface area contributed by atoms with E-state index in [1.807, 2.05) is 24.4 Å². The third-order valence-corrected chi connectivity index (χ3v) is 4.24. The number of hydrogen-bond donors (Lipinski definition) is 2. The molecule has 1 atom stereocenters. The molecule has 10 heteroatoms. The van der Waals surface area contributed by atoms with Gasteiger partial charge < -0.3 is 15.0 Å². The fourth-order valence-electron chi connectivity index (χ4n) is 2.80. The van der Waals surface area contributed by atoms with Crippen molar-refractivity contribution in [1.29, 1.82) is 0 Å². The molecule has 0 amide bonds. The maximum absolute atomic E-state index is 12.8. The predicted molar refractivity (Wildman–Crippen MR) is 93.8 cm³/mol. The molecule has 7 nitrogen and oxygen atoms in total. The monoisotopic (exact) mass is 376 g/mol. The molecule has 0 unspecified atom stereocenters. The number of rotatable bonds is 4. The average Bonchev–Trinajstić information content (AvgIpc) is 3.26. The van der Waals surface area contributed by atoms with Crippen LogP contribution >= 0.6 is 0 Å². The molecule has 0 bridgehead atoms. The van der Waals surface area contributed by atoms with Gasteiger partial charge in [0.2, 0.25) is 11.8 Å².